The van der Waals surface area contributed by atoms with Crippen LogP contribution in [0.4, 0.5) is 10.5 Å². The molecule has 0 aliphatic rings. The molecule has 2 aromatic rings. The fourth-order valence-electron chi connectivity index (χ4n) is 1.98. The smallest absolute Gasteiger partial charge is 0.360 e. The summed E-state index contributed by atoms with van der Waals surface area (Å²) in [6.45, 7) is 0.590. The molecule has 26 heavy (non-hydrogen) atoms. The van der Waals surface area contributed by atoms with Crippen LogP contribution in [-0.2, 0) is 16.0 Å². The summed E-state index contributed by atoms with van der Waals surface area (Å²) in [5, 5.41) is 3.45. The molecule has 1 heterocycles. The Labute approximate surface area is 160 Å². The second-order valence-corrected chi connectivity index (χ2v) is 5.93. The Morgan fingerprint density at radius 2 is 2.08 bits per heavy atom. The molecule has 0 radical (unpaired) electrons. The monoisotopic (exact) mass is 401 g/mol. The van der Waals surface area contributed by atoms with E-state index in [1.54, 1.807) is 12.1 Å². The van der Waals surface area contributed by atoms with E-state index in [4.69, 9.17) is 32.4 Å². The molecule has 0 saturated carbocycles. The third-order valence-electron chi connectivity index (χ3n) is 3.30. The second kappa shape index (κ2) is 9.42. The molecule has 0 aliphatic heterocycles. The molecule has 0 spiro atoms. The van der Waals surface area contributed by atoms with E-state index in [2.05, 4.69) is 15.0 Å². The van der Waals surface area contributed by atoms with Crippen LogP contribution in [-0.4, -0.2) is 49.3 Å². The van der Waals surface area contributed by atoms with Crippen molar-refractivity contribution in [1.29, 1.82) is 0 Å². The predicted molar refractivity (Wildman–Crippen MR) is 95.6 cm³/mol. The number of hydrogen-bond donors (Lipinski definition) is 1. The summed E-state index contributed by atoms with van der Waals surface area (Å²) in [6, 6.07) is 4.29. The van der Waals surface area contributed by atoms with Gasteiger partial charge in [-0.25, -0.2) is 14.6 Å². The van der Waals surface area contributed by atoms with Crippen molar-refractivity contribution in [3.63, 3.8) is 0 Å². The average molecular weight is 402 g/mol. The molecule has 10 heteroatoms. The van der Waals surface area contributed by atoms with Crippen LogP contribution in [0.2, 0.25) is 10.0 Å². The number of nitrogens with zero attached hydrogens (tertiary/aromatic N) is 2. The number of ether oxygens (including phenoxy) is 2. The quantitative estimate of drug-likeness (QED) is 0.713. The summed E-state index contributed by atoms with van der Waals surface area (Å²) in [6.07, 6.45) is 1.17. The van der Waals surface area contributed by atoms with Crippen LogP contribution in [0.1, 0.15) is 16.4 Å². The number of amides is 2. The minimum Gasteiger partial charge on any atom is -0.464 e. The fraction of sp³-hybridized carbons (Fsp3) is 0.312. The van der Waals surface area contributed by atoms with Crippen molar-refractivity contribution in [2.75, 3.05) is 32.7 Å². The van der Waals surface area contributed by atoms with Gasteiger partial charge in [-0.2, -0.15) is 0 Å². The molecule has 140 valence electrons. The standard InChI is InChI=1S/C16H17Cl2N3O5/c1-24-6-5-21(8-14-19-13(9-26-14)15(22)25-2)16(23)20-12-4-3-10(17)7-11(12)18/h3-4,7,9H,5-6,8H2,1-2H3,(H,20,23). The van der Waals surface area contributed by atoms with Gasteiger partial charge in [-0.15, -0.1) is 0 Å². The lowest BCUT2D eigenvalue weighted by atomic mass is 10.3. The Bertz CT molecular complexity index is 781. The molecule has 1 aromatic carbocycles. The first-order valence-corrected chi connectivity index (χ1v) is 8.22. The number of benzene rings is 1. The van der Waals surface area contributed by atoms with Crippen molar-refractivity contribution >= 4 is 40.9 Å². The molecular weight excluding hydrogens is 385 g/mol. The van der Waals surface area contributed by atoms with Gasteiger partial charge in [0.25, 0.3) is 0 Å². The van der Waals surface area contributed by atoms with Gasteiger partial charge in [-0.1, -0.05) is 23.2 Å². The second-order valence-electron chi connectivity index (χ2n) is 5.09. The molecule has 1 aromatic heterocycles. The van der Waals surface area contributed by atoms with Crippen molar-refractivity contribution in [3.8, 4) is 0 Å². The maximum atomic E-state index is 12.6. The van der Waals surface area contributed by atoms with Crippen LogP contribution in [0.5, 0.6) is 0 Å². The summed E-state index contributed by atoms with van der Waals surface area (Å²) in [5.41, 5.74) is 0.432. The number of carbonyl (C=O) groups is 2. The van der Waals surface area contributed by atoms with Crippen molar-refractivity contribution in [1.82, 2.24) is 9.88 Å². The summed E-state index contributed by atoms with van der Waals surface area (Å²) >= 11 is 11.9. The molecule has 2 rings (SSSR count). The van der Waals surface area contributed by atoms with Crippen LogP contribution < -0.4 is 5.32 Å². The zero-order chi connectivity index (χ0) is 19.1. The van der Waals surface area contributed by atoms with Gasteiger partial charge in [-0.05, 0) is 18.2 Å². The van der Waals surface area contributed by atoms with E-state index in [1.807, 2.05) is 0 Å². The van der Waals surface area contributed by atoms with Gasteiger partial charge >= 0.3 is 12.0 Å². The Morgan fingerprint density at radius 1 is 1.31 bits per heavy atom. The van der Waals surface area contributed by atoms with Gasteiger partial charge in [0.1, 0.15) is 6.26 Å². The maximum Gasteiger partial charge on any atom is 0.360 e. The number of urea groups is 1. The minimum absolute atomic E-state index is 0.0235. The first-order chi connectivity index (χ1) is 12.4. The number of methoxy groups -OCH3 is 2. The van der Waals surface area contributed by atoms with Crippen LogP contribution in [0, 0.1) is 0 Å². The Morgan fingerprint density at radius 3 is 2.73 bits per heavy atom. The first-order valence-electron chi connectivity index (χ1n) is 7.47. The average Bonchev–Trinajstić information content (AvgIpc) is 3.08. The molecular formula is C16H17Cl2N3O5. The first kappa shape index (κ1) is 20.0. The van der Waals surface area contributed by atoms with E-state index < -0.39 is 12.0 Å². The van der Waals surface area contributed by atoms with Gasteiger partial charge in [0.2, 0.25) is 5.89 Å². The summed E-state index contributed by atoms with van der Waals surface area (Å²) in [7, 11) is 2.76. The lowest BCUT2D eigenvalue weighted by Gasteiger charge is -2.21. The molecule has 2 amide bonds. The number of halogens is 2. The Kier molecular flexibility index (Phi) is 7.26. The molecule has 0 atom stereocenters. The lowest BCUT2D eigenvalue weighted by molar-refractivity contribution is 0.0594. The molecule has 8 nitrogen and oxygen atoms in total. The number of esters is 1. The highest BCUT2D eigenvalue weighted by atomic mass is 35.5. The molecule has 0 saturated heterocycles. The highest BCUT2D eigenvalue weighted by Gasteiger charge is 2.19. The highest BCUT2D eigenvalue weighted by Crippen LogP contribution is 2.25. The van der Waals surface area contributed by atoms with Crippen LogP contribution >= 0.6 is 23.2 Å². The number of aromatic nitrogens is 1. The van der Waals surface area contributed by atoms with Crippen molar-refractivity contribution in [2.45, 2.75) is 6.54 Å². The SMILES string of the molecule is COCCN(Cc1nc(C(=O)OC)co1)C(=O)Nc1ccc(Cl)cc1Cl. The van der Waals surface area contributed by atoms with E-state index in [-0.39, 0.29) is 24.7 Å². The number of carbonyl (C=O) groups excluding carboxylic acids is 2. The zero-order valence-electron chi connectivity index (χ0n) is 14.1. The molecule has 1 N–H and O–H groups in total. The third-order valence-corrected chi connectivity index (χ3v) is 3.85. The van der Waals surface area contributed by atoms with Gasteiger partial charge in [0.15, 0.2) is 5.69 Å². The fourth-order valence-corrected chi connectivity index (χ4v) is 2.44. The Hall–Kier alpha value is -2.29. The van der Waals surface area contributed by atoms with E-state index in [9.17, 15) is 9.59 Å². The molecule has 0 fully saturated rings. The topological polar surface area (TPSA) is 93.9 Å². The lowest BCUT2D eigenvalue weighted by Crippen LogP contribution is -2.37. The van der Waals surface area contributed by atoms with Crippen LogP contribution in [0.25, 0.3) is 0 Å². The van der Waals surface area contributed by atoms with E-state index >= 15 is 0 Å². The number of anilines is 1. The predicted octanol–water partition coefficient (Wildman–Crippen LogP) is 3.45. The Balaban J connectivity index is 2.11. The van der Waals surface area contributed by atoms with Gasteiger partial charge in [0, 0.05) is 18.7 Å². The summed E-state index contributed by atoms with van der Waals surface area (Å²) in [5.74, 6) is -0.445. The van der Waals surface area contributed by atoms with Crippen molar-refractivity contribution in [2.24, 2.45) is 0 Å². The van der Waals surface area contributed by atoms with E-state index in [1.165, 1.54) is 31.4 Å². The zero-order valence-corrected chi connectivity index (χ0v) is 15.6. The van der Waals surface area contributed by atoms with Crippen molar-refractivity contribution < 1.29 is 23.5 Å². The number of nitrogens with one attached hydrogen (secondary N) is 1. The maximum absolute atomic E-state index is 12.6. The van der Waals surface area contributed by atoms with Crippen molar-refractivity contribution in [3.05, 3.63) is 46.1 Å². The highest BCUT2D eigenvalue weighted by molar-refractivity contribution is 6.36. The van der Waals surface area contributed by atoms with Gasteiger partial charge < -0.3 is 24.1 Å². The number of oxazole rings is 1. The minimum atomic E-state index is -0.624. The van der Waals surface area contributed by atoms with E-state index in [0.29, 0.717) is 22.3 Å². The molecule has 0 unspecified atom stereocenters. The summed E-state index contributed by atoms with van der Waals surface area (Å²) < 4.78 is 14.8. The number of rotatable bonds is 7. The van der Waals surface area contributed by atoms with E-state index in [0.717, 1.165) is 0 Å². The summed E-state index contributed by atoms with van der Waals surface area (Å²) in [4.78, 5) is 29.4. The van der Waals surface area contributed by atoms with Crippen LogP contribution in [0.15, 0.2) is 28.9 Å². The largest absolute Gasteiger partial charge is 0.464 e. The van der Waals surface area contributed by atoms with Crippen LogP contribution in [0.3, 0.4) is 0 Å². The van der Waals surface area contributed by atoms with Gasteiger partial charge in [0.05, 0.1) is 31.0 Å². The number of hydrogen-bond acceptors (Lipinski definition) is 6. The third kappa shape index (κ3) is 5.35. The normalized spacial score (nSPS) is 10.5. The van der Waals surface area contributed by atoms with Gasteiger partial charge in [-0.3, -0.25) is 0 Å². The molecule has 0 bridgehead atoms. The molecule has 0 aliphatic carbocycles.